The zero-order valence-electron chi connectivity index (χ0n) is 13.6. The highest BCUT2D eigenvalue weighted by Gasteiger charge is 2.44. The number of hydrogen-bond donors (Lipinski definition) is 1. The normalized spacial score (nSPS) is 25.4. The molecule has 1 aromatic carbocycles. The lowest BCUT2D eigenvalue weighted by Gasteiger charge is -2.30. The fraction of sp³-hybridized carbons (Fsp3) is 0.500. The van der Waals surface area contributed by atoms with E-state index in [0.717, 1.165) is 42.9 Å². The quantitative estimate of drug-likeness (QED) is 0.882. The minimum Gasteiger partial charge on any atom is -0.497 e. The second-order valence-electron chi connectivity index (χ2n) is 6.41. The molecule has 122 valence electrons. The van der Waals surface area contributed by atoms with Crippen molar-refractivity contribution in [1.29, 1.82) is 0 Å². The summed E-state index contributed by atoms with van der Waals surface area (Å²) in [6.45, 7) is 4.38. The third kappa shape index (κ3) is 2.22. The number of fused-ring (bicyclic) bond motifs is 6. The molecule has 3 atom stereocenters. The molecule has 2 aliphatic heterocycles. The molecule has 3 heterocycles. The third-order valence-corrected chi connectivity index (χ3v) is 5.01. The highest BCUT2D eigenvalue weighted by molar-refractivity contribution is 5.90. The summed E-state index contributed by atoms with van der Waals surface area (Å²) in [5.74, 6) is 1.21. The molecule has 1 N–H and O–H groups in total. The second kappa shape index (κ2) is 5.57. The van der Waals surface area contributed by atoms with Crippen LogP contribution in [0.4, 0.5) is 0 Å². The largest absolute Gasteiger partial charge is 0.497 e. The average Bonchev–Trinajstić information content (AvgIpc) is 3.14. The van der Waals surface area contributed by atoms with E-state index in [1.165, 1.54) is 10.9 Å². The van der Waals surface area contributed by atoms with E-state index in [1.54, 1.807) is 7.11 Å². The number of ether oxygens (including phenoxy) is 2. The minimum atomic E-state index is -0.298. The van der Waals surface area contributed by atoms with Gasteiger partial charge in [0, 0.05) is 29.1 Å². The van der Waals surface area contributed by atoms with E-state index >= 15 is 0 Å². The number of carbonyl (C=O) groups excluding carboxylic acids is 1. The number of nitrogens with zero attached hydrogens (tertiary/aromatic N) is 1. The fourth-order valence-electron chi connectivity index (χ4n) is 3.98. The molecule has 5 nitrogen and oxygen atoms in total. The van der Waals surface area contributed by atoms with Crippen molar-refractivity contribution in [3.05, 3.63) is 29.5 Å². The average molecular weight is 314 g/mol. The molecule has 3 unspecified atom stereocenters. The molecule has 0 spiro atoms. The van der Waals surface area contributed by atoms with E-state index in [-0.39, 0.29) is 12.0 Å². The topological polar surface area (TPSA) is 54.6 Å². The van der Waals surface area contributed by atoms with E-state index in [1.807, 2.05) is 19.1 Å². The molecule has 1 saturated heterocycles. The van der Waals surface area contributed by atoms with Crippen LogP contribution in [-0.4, -0.2) is 42.7 Å². The maximum absolute atomic E-state index is 12.6. The Labute approximate surface area is 135 Å². The van der Waals surface area contributed by atoms with Crippen LogP contribution in [0.1, 0.15) is 43.0 Å². The first kappa shape index (κ1) is 14.6. The van der Waals surface area contributed by atoms with Crippen LogP contribution in [0.2, 0.25) is 0 Å². The number of carbonyl (C=O) groups is 1. The maximum atomic E-state index is 12.6. The Kier molecular flexibility index (Phi) is 3.53. The Morgan fingerprint density at radius 3 is 3.09 bits per heavy atom. The van der Waals surface area contributed by atoms with E-state index < -0.39 is 0 Å². The van der Waals surface area contributed by atoms with Crippen molar-refractivity contribution in [1.82, 2.24) is 9.88 Å². The predicted octanol–water partition coefficient (Wildman–Crippen LogP) is 2.97. The van der Waals surface area contributed by atoms with Gasteiger partial charge in [0.1, 0.15) is 11.8 Å². The number of hydrogen-bond acceptors (Lipinski definition) is 4. The first-order valence-electron chi connectivity index (χ1n) is 8.33. The molecular weight excluding hydrogens is 292 g/mol. The number of H-pyrrole nitrogens is 1. The van der Waals surface area contributed by atoms with Gasteiger partial charge in [-0.1, -0.05) is 6.92 Å². The van der Waals surface area contributed by atoms with E-state index in [9.17, 15) is 4.79 Å². The number of aromatic nitrogens is 1. The van der Waals surface area contributed by atoms with Gasteiger partial charge in [0.2, 0.25) is 0 Å². The summed E-state index contributed by atoms with van der Waals surface area (Å²) in [5.41, 5.74) is 3.37. The lowest BCUT2D eigenvalue weighted by Crippen LogP contribution is -2.37. The van der Waals surface area contributed by atoms with Gasteiger partial charge in [-0.25, -0.2) is 4.79 Å². The number of esters is 1. The molecule has 1 fully saturated rings. The molecule has 0 amide bonds. The second-order valence-corrected chi connectivity index (χ2v) is 6.41. The molecule has 0 aliphatic carbocycles. The smallest absolute Gasteiger partial charge is 0.329 e. The fourth-order valence-corrected chi connectivity index (χ4v) is 3.98. The summed E-state index contributed by atoms with van der Waals surface area (Å²) in [7, 11) is 1.68. The zero-order chi connectivity index (χ0) is 16.0. The van der Waals surface area contributed by atoms with Crippen LogP contribution >= 0.6 is 0 Å². The van der Waals surface area contributed by atoms with Gasteiger partial charge in [-0.3, -0.25) is 4.90 Å². The van der Waals surface area contributed by atoms with Crippen LogP contribution in [0.5, 0.6) is 5.75 Å². The van der Waals surface area contributed by atoms with Crippen LogP contribution < -0.4 is 4.74 Å². The van der Waals surface area contributed by atoms with Gasteiger partial charge >= 0.3 is 5.97 Å². The van der Waals surface area contributed by atoms with Crippen molar-refractivity contribution in [3.8, 4) is 5.75 Å². The predicted molar refractivity (Wildman–Crippen MR) is 87.8 cm³/mol. The van der Waals surface area contributed by atoms with Gasteiger partial charge in [0.05, 0.1) is 13.7 Å². The van der Waals surface area contributed by atoms with E-state index in [0.29, 0.717) is 12.5 Å². The molecule has 2 aliphatic rings. The third-order valence-electron chi connectivity index (χ3n) is 5.01. The molecular formula is C18H22N2O3. The summed E-state index contributed by atoms with van der Waals surface area (Å²) in [5, 5.41) is 1.18. The van der Waals surface area contributed by atoms with Gasteiger partial charge in [0.25, 0.3) is 0 Å². The van der Waals surface area contributed by atoms with Gasteiger partial charge in [-0.2, -0.15) is 0 Å². The summed E-state index contributed by atoms with van der Waals surface area (Å²) < 4.78 is 10.8. The highest BCUT2D eigenvalue weighted by atomic mass is 16.5. The standard InChI is InChI=1S/C18H22N2O3/c1-3-8-23-18(21)17-16-15(11-6-7-20(17)10-11)13-9-12(22-2)4-5-14(13)19-16/h4-5,9,11,17,19H,3,6-8,10H2,1-2H3. The number of benzene rings is 1. The van der Waals surface area contributed by atoms with E-state index in [2.05, 4.69) is 16.0 Å². The molecule has 0 saturated carbocycles. The van der Waals surface area contributed by atoms with Crippen LogP contribution in [0.3, 0.4) is 0 Å². The SMILES string of the molecule is CCCOC(=O)C1c2[nH]c3ccc(OC)cc3c2C2CCN1C2. The first-order valence-corrected chi connectivity index (χ1v) is 8.33. The molecule has 1 aromatic heterocycles. The number of nitrogens with one attached hydrogen (secondary N) is 1. The Morgan fingerprint density at radius 1 is 1.43 bits per heavy atom. The zero-order valence-corrected chi connectivity index (χ0v) is 13.6. The van der Waals surface area contributed by atoms with Gasteiger partial charge in [-0.15, -0.1) is 0 Å². The molecule has 5 heteroatoms. The van der Waals surface area contributed by atoms with Crippen molar-refractivity contribution in [3.63, 3.8) is 0 Å². The van der Waals surface area contributed by atoms with Crippen molar-refractivity contribution >= 4 is 16.9 Å². The number of rotatable bonds is 4. The lowest BCUT2D eigenvalue weighted by molar-refractivity contribution is -0.150. The molecule has 0 radical (unpaired) electrons. The summed E-state index contributed by atoms with van der Waals surface area (Å²) >= 11 is 0. The molecule has 2 aromatic rings. The monoisotopic (exact) mass is 314 g/mol. The summed E-state index contributed by atoms with van der Waals surface area (Å²) in [6, 6.07) is 5.76. The van der Waals surface area contributed by atoms with Crippen LogP contribution in [-0.2, 0) is 9.53 Å². The molecule has 2 bridgehead atoms. The van der Waals surface area contributed by atoms with Crippen LogP contribution in [0, 0.1) is 0 Å². The van der Waals surface area contributed by atoms with Gasteiger partial charge < -0.3 is 14.5 Å². The summed E-state index contributed by atoms with van der Waals surface area (Å²) in [4.78, 5) is 18.3. The Morgan fingerprint density at radius 2 is 2.30 bits per heavy atom. The van der Waals surface area contributed by atoms with Crippen molar-refractivity contribution in [2.45, 2.75) is 31.7 Å². The van der Waals surface area contributed by atoms with Crippen molar-refractivity contribution in [2.24, 2.45) is 0 Å². The number of aromatic amines is 1. The first-order chi connectivity index (χ1) is 11.2. The van der Waals surface area contributed by atoms with Crippen LogP contribution in [0.25, 0.3) is 10.9 Å². The van der Waals surface area contributed by atoms with Gasteiger partial charge in [-0.05, 0) is 43.1 Å². The number of methoxy groups -OCH3 is 1. The lowest BCUT2D eigenvalue weighted by atomic mass is 9.90. The molecule has 4 rings (SSSR count). The maximum Gasteiger partial charge on any atom is 0.329 e. The Bertz CT molecular complexity index is 752. The minimum absolute atomic E-state index is 0.132. The van der Waals surface area contributed by atoms with Crippen LogP contribution in [0.15, 0.2) is 18.2 Å². The van der Waals surface area contributed by atoms with E-state index in [4.69, 9.17) is 9.47 Å². The van der Waals surface area contributed by atoms with Gasteiger partial charge in [0.15, 0.2) is 0 Å². The van der Waals surface area contributed by atoms with Crippen molar-refractivity contribution < 1.29 is 14.3 Å². The molecule has 23 heavy (non-hydrogen) atoms. The van der Waals surface area contributed by atoms with Crippen molar-refractivity contribution in [2.75, 3.05) is 26.8 Å². The summed E-state index contributed by atoms with van der Waals surface area (Å²) in [6.07, 6.45) is 1.94. The highest BCUT2D eigenvalue weighted by Crippen LogP contribution is 2.46. The Balaban J connectivity index is 1.82. The Hall–Kier alpha value is -2.01.